The molecule has 132 valence electrons. The van der Waals surface area contributed by atoms with E-state index in [-0.39, 0.29) is 61.6 Å². The third kappa shape index (κ3) is 8.96. The van der Waals surface area contributed by atoms with Gasteiger partial charge in [0.1, 0.15) is 0 Å². The van der Waals surface area contributed by atoms with Gasteiger partial charge in [0.2, 0.25) is 0 Å². The summed E-state index contributed by atoms with van der Waals surface area (Å²) in [6.07, 6.45) is 0. The van der Waals surface area contributed by atoms with Crippen molar-refractivity contribution in [3.63, 3.8) is 0 Å². The Balaban J connectivity index is 0.000000443. The topological polar surface area (TPSA) is 98.7 Å². The zero-order valence-electron chi connectivity index (χ0n) is 14.2. The van der Waals surface area contributed by atoms with Crippen LogP contribution < -0.4 is 20.4 Å². The molecule has 2 aromatic carbocycles. The Kier molecular flexibility index (Phi) is 12.4. The number of hydrogen-bond acceptors (Lipinski definition) is 6. The van der Waals surface area contributed by atoms with Crippen molar-refractivity contribution >= 4 is 63.5 Å². The SMILES string of the molecule is CCOP(=O)([O-])c1ccccc1.CCOP(=O)([O-])c1ccccc1.[Ca+2]. The van der Waals surface area contributed by atoms with Gasteiger partial charge in [-0.2, -0.15) is 0 Å². The minimum atomic E-state index is -3.79. The molecule has 0 heterocycles. The second-order valence-electron chi connectivity index (χ2n) is 4.50. The summed E-state index contributed by atoms with van der Waals surface area (Å²) in [5.41, 5.74) is 0. The van der Waals surface area contributed by atoms with Gasteiger partial charge in [-0.3, -0.25) is 0 Å². The van der Waals surface area contributed by atoms with E-state index in [1.165, 1.54) is 24.3 Å². The molecular weight excluding hydrogens is 390 g/mol. The van der Waals surface area contributed by atoms with Gasteiger partial charge in [0.05, 0.1) is 13.2 Å². The Hall–Kier alpha value is -0.000260. The molecule has 0 aliphatic carbocycles. The molecule has 0 fully saturated rings. The zero-order valence-corrected chi connectivity index (χ0v) is 18.2. The summed E-state index contributed by atoms with van der Waals surface area (Å²) < 4.78 is 31.7. The normalized spacial score (nSPS) is 14.9. The Morgan fingerprint density at radius 2 is 1.00 bits per heavy atom. The first-order valence-electron chi connectivity index (χ1n) is 7.36. The van der Waals surface area contributed by atoms with Gasteiger partial charge >= 0.3 is 37.7 Å². The van der Waals surface area contributed by atoms with E-state index in [1.807, 2.05) is 0 Å². The first-order valence-corrected chi connectivity index (χ1v) is 10.4. The number of hydrogen-bond donors (Lipinski definition) is 0. The fraction of sp³-hybridized carbons (Fsp3) is 0.250. The van der Waals surface area contributed by atoms with Crippen LogP contribution in [0.4, 0.5) is 0 Å². The summed E-state index contributed by atoms with van der Waals surface area (Å²) in [5.74, 6) is 0. The van der Waals surface area contributed by atoms with Gasteiger partial charge in [0.25, 0.3) is 0 Å². The second-order valence-corrected chi connectivity index (χ2v) is 8.04. The van der Waals surface area contributed by atoms with E-state index >= 15 is 0 Å². The van der Waals surface area contributed by atoms with Crippen LogP contribution in [0.15, 0.2) is 60.7 Å². The molecule has 2 atom stereocenters. The van der Waals surface area contributed by atoms with Crippen LogP contribution in [0.5, 0.6) is 0 Å². The second kappa shape index (κ2) is 12.4. The van der Waals surface area contributed by atoms with Crippen molar-refractivity contribution in [2.45, 2.75) is 13.8 Å². The summed E-state index contributed by atoms with van der Waals surface area (Å²) in [7, 11) is -7.59. The van der Waals surface area contributed by atoms with Gasteiger partial charge in [-0.1, -0.05) is 60.7 Å². The smallest absolute Gasteiger partial charge is 0.775 e. The molecule has 0 radical (unpaired) electrons. The van der Waals surface area contributed by atoms with Gasteiger partial charge in [0, 0.05) is 10.6 Å². The molecule has 0 aromatic heterocycles. The molecule has 6 nitrogen and oxygen atoms in total. The predicted molar refractivity (Wildman–Crippen MR) is 96.4 cm³/mol. The van der Waals surface area contributed by atoms with Gasteiger partial charge in [0.15, 0.2) is 15.2 Å². The Labute approximate surface area is 178 Å². The maximum atomic E-state index is 11.2. The largest absolute Gasteiger partial charge is 2.00 e. The van der Waals surface area contributed by atoms with E-state index < -0.39 is 15.2 Å². The molecule has 0 bridgehead atoms. The molecule has 2 unspecified atom stereocenters. The maximum Gasteiger partial charge on any atom is 2.00 e. The minimum absolute atomic E-state index is 0. The zero-order chi connectivity index (χ0) is 18.1. The molecule has 0 amide bonds. The van der Waals surface area contributed by atoms with E-state index in [4.69, 9.17) is 0 Å². The molecule has 2 rings (SSSR count). The van der Waals surface area contributed by atoms with Crippen molar-refractivity contribution in [2.75, 3.05) is 13.2 Å². The number of rotatable bonds is 6. The van der Waals surface area contributed by atoms with E-state index in [0.717, 1.165) is 0 Å². The molecule has 0 aliphatic heterocycles. The summed E-state index contributed by atoms with van der Waals surface area (Å²) >= 11 is 0. The third-order valence-corrected chi connectivity index (χ3v) is 5.80. The monoisotopic (exact) mass is 410 g/mol. The number of benzene rings is 2. The Bertz CT molecular complexity index is 635. The predicted octanol–water partition coefficient (Wildman–Crippen LogP) is 1.42. The van der Waals surface area contributed by atoms with Gasteiger partial charge in [-0.05, 0) is 13.8 Å². The summed E-state index contributed by atoms with van der Waals surface area (Å²) in [6, 6.07) is 16.3. The third-order valence-electron chi connectivity index (χ3n) is 2.74. The first-order chi connectivity index (χ1) is 11.3. The molecule has 0 saturated heterocycles. The Morgan fingerprint density at radius 1 is 0.720 bits per heavy atom. The molecule has 25 heavy (non-hydrogen) atoms. The quantitative estimate of drug-likeness (QED) is 0.528. The van der Waals surface area contributed by atoms with Crippen LogP contribution in [0.25, 0.3) is 0 Å². The van der Waals surface area contributed by atoms with Crippen molar-refractivity contribution in [3.8, 4) is 0 Å². The van der Waals surface area contributed by atoms with E-state index in [9.17, 15) is 18.9 Å². The molecule has 0 aliphatic rings. The maximum absolute atomic E-state index is 11.2. The molecule has 0 N–H and O–H groups in total. The van der Waals surface area contributed by atoms with Crippen molar-refractivity contribution in [2.24, 2.45) is 0 Å². The van der Waals surface area contributed by atoms with Gasteiger partial charge in [-0.25, -0.2) is 0 Å². The van der Waals surface area contributed by atoms with Crippen molar-refractivity contribution < 1.29 is 28.0 Å². The molecule has 0 spiro atoms. The average Bonchev–Trinajstić information content (AvgIpc) is 2.57. The summed E-state index contributed by atoms with van der Waals surface area (Å²) in [4.78, 5) is 22.5. The van der Waals surface area contributed by atoms with Crippen LogP contribution in [-0.4, -0.2) is 51.0 Å². The van der Waals surface area contributed by atoms with Crippen LogP contribution in [0.2, 0.25) is 0 Å². The van der Waals surface area contributed by atoms with Crippen LogP contribution in [0, 0.1) is 0 Å². The Morgan fingerprint density at radius 3 is 1.24 bits per heavy atom. The van der Waals surface area contributed by atoms with Crippen LogP contribution in [-0.2, 0) is 18.2 Å². The van der Waals surface area contributed by atoms with Gasteiger partial charge < -0.3 is 28.0 Å². The van der Waals surface area contributed by atoms with E-state index in [1.54, 1.807) is 50.2 Å². The van der Waals surface area contributed by atoms with Crippen molar-refractivity contribution in [1.29, 1.82) is 0 Å². The summed E-state index contributed by atoms with van der Waals surface area (Å²) in [6.45, 7) is 3.65. The fourth-order valence-corrected chi connectivity index (χ4v) is 3.76. The molecule has 9 heteroatoms. The molecule has 0 saturated carbocycles. The average molecular weight is 410 g/mol. The van der Waals surface area contributed by atoms with Crippen LogP contribution >= 0.6 is 15.2 Å². The summed E-state index contributed by atoms with van der Waals surface area (Å²) in [5, 5.41) is 0.457. The molecular formula is C16H20CaO6P2. The molecule has 2 aromatic rings. The van der Waals surface area contributed by atoms with Crippen molar-refractivity contribution in [1.82, 2.24) is 0 Å². The fourth-order valence-electron chi connectivity index (χ4n) is 1.71. The van der Waals surface area contributed by atoms with Crippen LogP contribution in [0.1, 0.15) is 13.8 Å². The standard InChI is InChI=1S/2C8H11O3P.Ca/c2*1-2-11-12(9,10)8-6-4-3-5-7-8;/h2*3-7H,2H2,1H3,(H,9,10);/q;;+2/p-2. The van der Waals surface area contributed by atoms with Crippen LogP contribution in [0.3, 0.4) is 0 Å². The van der Waals surface area contributed by atoms with Crippen molar-refractivity contribution in [3.05, 3.63) is 60.7 Å². The first kappa shape index (κ1) is 25.0. The van der Waals surface area contributed by atoms with Gasteiger partial charge in [-0.15, -0.1) is 0 Å². The van der Waals surface area contributed by atoms with E-state index in [0.29, 0.717) is 0 Å². The van der Waals surface area contributed by atoms with E-state index in [2.05, 4.69) is 9.05 Å². The minimum Gasteiger partial charge on any atom is -0.775 e.